The lowest BCUT2D eigenvalue weighted by Gasteiger charge is -2.12. The number of amides is 1. The zero-order valence-electron chi connectivity index (χ0n) is 9.36. The van der Waals surface area contributed by atoms with Gasteiger partial charge < -0.3 is 10.5 Å². The van der Waals surface area contributed by atoms with Gasteiger partial charge in [-0.2, -0.15) is 0 Å². The van der Waals surface area contributed by atoms with E-state index in [9.17, 15) is 13.2 Å². The minimum absolute atomic E-state index is 0.0596. The van der Waals surface area contributed by atoms with Gasteiger partial charge in [0.05, 0.1) is 0 Å². The van der Waals surface area contributed by atoms with Crippen LogP contribution in [0.15, 0.2) is 17.0 Å². The van der Waals surface area contributed by atoms with E-state index in [-0.39, 0.29) is 10.6 Å². The maximum atomic E-state index is 11.4. The fourth-order valence-corrected chi connectivity index (χ4v) is 2.54. The molecule has 0 aliphatic heterocycles. The standard InChI is InChI=1S/C10H12ClNO4S/c1-6-3-7(2)10(16-5-9(12)13)8(4-6)17(11,14)15/h3-4H,5H2,1-2H3,(H2,12,13). The van der Waals surface area contributed by atoms with E-state index in [1.54, 1.807) is 19.9 Å². The normalized spacial score (nSPS) is 11.2. The molecule has 1 rings (SSSR count). The van der Waals surface area contributed by atoms with Crippen molar-refractivity contribution in [2.75, 3.05) is 6.61 Å². The second-order valence-corrected chi connectivity index (χ2v) is 6.14. The van der Waals surface area contributed by atoms with Crippen molar-refractivity contribution in [1.82, 2.24) is 0 Å². The number of primary amides is 1. The summed E-state index contributed by atoms with van der Waals surface area (Å²) in [7, 11) is 1.37. The highest BCUT2D eigenvalue weighted by Crippen LogP contribution is 2.31. The lowest BCUT2D eigenvalue weighted by atomic mass is 10.1. The first-order valence-electron chi connectivity index (χ1n) is 4.69. The molecular weight excluding hydrogens is 266 g/mol. The summed E-state index contributed by atoms with van der Waals surface area (Å²) in [6.07, 6.45) is 0. The third-order valence-corrected chi connectivity index (χ3v) is 3.33. The lowest BCUT2D eigenvalue weighted by Crippen LogP contribution is -2.21. The van der Waals surface area contributed by atoms with E-state index in [0.717, 1.165) is 5.56 Å². The predicted octanol–water partition coefficient (Wildman–Crippen LogP) is 1.10. The number of nitrogens with two attached hydrogens (primary N) is 1. The highest BCUT2D eigenvalue weighted by Gasteiger charge is 2.20. The molecule has 0 saturated carbocycles. The molecule has 0 spiro atoms. The minimum atomic E-state index is -3.93. The van der Waals surface area contributed by atoms with Crippen LogP contribution in [0.1, 0.15) is 11.1 Å². The number of hydrogen-bond donors (Lipinski definition) is 1. The zero-order chi connectivity index (χ0) is 13.2. The van der Waals surface area contributed by atoms with Crippen molar-refractivity contribution in [1.29, 1.82) is 0 Å². The summed E-state index contributed by atoms with van der Waals surface area (Å²) < 4.78 is 27.8. The topological polar surface area (TPSA) is 86.5 Å². The quantitative estimate of drug-likeness (QED) is 0.835. The van der Waals surface area contributed by atoms with Gasteiger partial charge in [-0.1, -0.05) is 6.07 Å². The number of aryl methyl sites for hydroxylation is 2. The van der Waals surface area contributed by atoms with Crippen LogP contribution in [0.4, 0.5) is 0 Å². The van der Waals surface area contributed by atoms with Gasteiger partial charge in [-0.25, -0.2) is 8.42 Å². The Bertz CT molecular complexity index is 554. The van der Waals surface area contributed by atoms with Gasteiger partial charge in [-0.3, -0.25) is 4.79 Å². The summed E-state index contributed by atoms with van der Waals surface area (Å²) in [6.45, 7) is 2.99. The molecule has 1 aromatic rings. The monoisotopic (exact) mass is 277 g/mol. The first-order valence-corrected chi connectivity index (χ1v) is 6.99. The molecule has 0 bridgehead atoms. The molecule has 17 heavy (non-hydrogen) atoms. The van der Waals surface area contributed by atoms with Crippen LogP contribution in [0.2, 0.25) is 0 Å². The predicted molar refractivity (Wildman–Crippen MR) is 63.6 cm³/mol. The molecule has 5 nitrogen and oxygen atoms in total. The molecule has 1 amide bonds. The van der Waals surface area contributed by atoms with Crippen molar-refractivity contribution in [2.24, 2.45) is 5.73 Å². The van der Waals surface area contributed by atoms with Crippen LogP contribution < -0.4 is 10.5 Å². The Morgan fingerprint density at radius 1 is 1.41 bits per heavy atom. The van der Waals surface area contributed by atoms with Crippen molar-refractivity contribution >= 4 is 25.6 Å². The summed E-state index contributed by atoms with van der Waals surface area (Å²) in [5.74, 6) is -0.632. The summed E-state index contributed by atoms with van der Waals surface area (Å²) >= 11 is 0. The fourth-order valence-electron chi connectivity index (χ4n) is 1.42. The number of carbonyl (C=O) groups is 1. The third-order valence-electron chi connectivity index (χ3n) is 2.01. The Kier molecular flexibility index (Phi) is 4.00. The van der Waals surface area contributed by atoms with Crippen molar-refractivity contribution < 1.29 is 17.9 Å². The van der Waals surface area contributed by atoms with E-state index in [0.29, 0.717) is 5.56 Å². The van der Waals surface area contributed by atoms with Crippen molar-refractivity contribution in [3.63, 3.8) is 0 Å². The lowest BCUT2D eigenvalue weighted by molar-refractivity contribution is -0.120. The third kappa shape index (κ3) is 3.61. The van der Waals surface area contributed by atoms with Gasteiger partial charge in [-0.05, 0) is 31.0 Å². The van der Waals surface area contributed by atoms with E-state index in [1.807, 2.05) is 0 Å². The molecule has 0 aliphatic rings. The fraction of sp³-hybridized carbons (Fsp3) is 0.300. The van der Waals surface area contributed by atoms with Gasteiger partial charge in [0.15, 0.2) is 6.61 Å². The number of benzene rings is 1. The van der Waals surface area contributed by atoms with Crippen LogP contribution in [0.25, 0.3) is 0 Å². The van der Waals surface area contributed by atoms with Crippen LogP contribution >= 0.6 is 10.7 Å². The van der Waals surface area contributed by atoms with E-state index in [4.69, 9.17) is 21.2 Å². The van der Waals surface area contributed by atoms with Gasteiger partial charge in [0.2, 0.25) is 0 Å². The first-order chi connectivity index (χ1) is 7.71. The van der Waals surface area contributed by atoms with E-state index in [1.165, 1.54) is 6.07 Å². The van der Waals surface area contributed by atoms with E-state index >= 15 is 0 Å². The van der Waals surface area contributed by atoms with Gasteiger partial charge in [0, 0.05) is 10.7 Å². The van der Waals surface area contributed by atoms with Gasteiger partial charge in [0.1, 0.15) is 10.6 Å². The van der Waals surface area contributed by atoms with Crippen molar-refractivity contribution in [2.45, 2.75) is 18.7 Å². The largest absolute Gasteiger partial charge is 0.482 e. The Labute approximate surface area is 104 Å². The van der Waals surface area contributed by atoms with Gasteiger partial charge >= 0.3 is 0 Å². The Morgan fingerprint density at radius 2 is 2.00 bits per heavy atom. The number of carbonyl (C=O) groups excluding carboxylic acids is 1. The molecule has 7 heteroatoms. The highest BCUT2D eigenvalue weighted by atomic mass is 35.7. The zero-order valence-corrected chi connectivity index (χ0v) is 10.9. The Balaban J connectivity index is 3.31. The molecule has 0 unspecified atom stereocenters. The molecule has 94 valence electrons. The molecule has 2 N–H and O–H groups in total. The molecule has 0 aromatic heterocycles. The SMILES string of the molecule is Cc1cc(C)c(OCC(N)=O)c(S(=O)(=O)Cl)c1. The smallest absolute Gasteiger partial charge is 0.265 e. The average Bonchev–Trinajstić information content (AvgIpc) is 2.13. The van der Waals surface area contributed by atoms with Gasteiger partial charge in [0.25, 0.3) is 15.0 Å². The van der Waals surface area contributed by atoms with Crippen LogP contribution in [-0.4, -0.2) is 20.9 Å². The van der Waals surface area contributed by atoms with E-state index < -0.39 is 21.6 Å². The van der Waals surface area contributed by atoms with Crippen LogP contribution in [0, 0.1) is 13.8 Å². The maximum absolute atomic E-state index is 11.4. The van der Waals surface area contributed by atoms with Crippen molar-refractivity contribution in [3.8, 4) is 5.75 Å². The van der Waals surface area contributed by atoms with Crippen molar-refractivity contribution in [3.05, 3.63) is 23.3 Å². The second-order valence-electron chi connectivity index (χ2n) is 3.60. The molecule has 0 atom stereocenters. The summed E-state index contributed by atoms with van der Waals surface area (Å²) in [4.78, 5) is 10.5. The van der Waals surface area contributed by atoms with E-state index in [2.05, 4.69) is 0 Å². The molecule has 0 radical (unpaired) electrons. The number of rotatable bonds is 4. The molecule has 0 fully saturated rings. The molecule has 0 aliphatic carbocycles. The Morgan fingerprint density at radius 3 is 2.47 bits per heavy atom. The highest BCUT2D eigenvalue weighted by molar-refractivity contribution is 8.13. The van der Waals surface area contributed by atoms with Crippen LogP contribution in [0.3, 0.4) is 0 Å². The Hall–Kier alpha value is -1.27. The van der Waals surface area contributed by atoms with Crippen LogP contribution in [-0.2, 0) is 13.8 Å². The summed E-state index contributed by atoms with van der Waals surface area (Å²) in [5, 5.41) is 0. The maximum Gasteiger partial charge on any atom is 0.265 e. The number of hydrogen-bond acceptors (Lipinski definition) is 4. The summed E-state index contributed by atoms with van der Waals surface area (Å²) in [6, 6.07) is 3.10. The average molecular weight is 278 g/mol. The molecule has 0 saturated heterocycles. The first kappa shape index (κ1) is 13.8. The van der Waals surface area contributed by atoms with Gasteiger partial charge in [-0.15, -0.1) is 0 Å². The molecule has 1 aromatic carbocycles. The summed E-state index contributed by atoms with van der Waals surface area (Å²) in [5.41, 5.74) is 6.24. The number of halogens is 1. The molecule has 0 heterocycles. The number of ether oxygens (including phenoxy) is 1. The second kappa shape index (κ2) is 4.93. The minimum Gasteiger partial charge on any atom is -0.482 e. The molecular formula is C10H12ClNO4S. The van der Waals surface area contributed by atoms with Crippen LogP contribution in [0.5, 0.6) is 5.75 Å².